The van der Waals surface area contributed by atoms with Crippen LogP contribution in [0.25, 0.3) is 17.0 Å². The fourth-order valence-electron chi connectivity index (χ4n) is 3.80. The molecule has 0 atom stereocenters. The fourth-order valence-corrected chi connectivity index (χ4v) is 3.80. The predicted molar refractivity (Wildman–Crippen MR) is 133 cm³/mol. The molecule has 33 heavy (non-hydrogen) atoms. The maximum atomic E-state index is 6.44. The lowest BCUT2D eigenvalue weighted by Gasteiger charge is -2.33. The largest absolute Gasteiger partial charge is 0.453 e. The van der Waals surface area contributed by atoms with Crippen molar-refractivity contribution in [2.45, 2.75) is 0 Å². The van der Waals surface area contributed by atoms with Gasteiger partial charge in [0.25, 0.3) is 0 Å². The second-order valence-electron chi connectivity index (χ2n) is 7.40. The maximum Gasteiger partial charge on any atom is 0.151 e. The van der Waals surface area contributed by atoms with Crippen LogP contribution in [0.15, 0.2) is 108 Å². The van der Waals surface area contributed by atoms with Gasteiger partial charge in [0.2, 0.25) is 0 Å². The van der Waals surface area contributed by atoms with Crippen molar-refractivity contribution < 1.29 is 4.74 Å². The van der Waals surface area contributed by atoms with E-state index in [9.17, 15) is 0 Å². The van der Waals surface area contributed by atoms with Gasteiger partial charge in [0.05, 0.1) is 17.1 Å². The number of rotatable bonds is 5. The van der Waals surface area contributed by atoms with Crippen molar-refractivity contribution >= 4 is 29.5 Å². The van der Waals surface area contributed by atoms with Gasteiger partial charge in [-0.25, -0.2) is 0 Å². The number of ether oxygens (including phenoxy) is 1. The van der Waals surface area contributed by atoms with Crippen LogP contribution in [0.1, 0.15) is 5.56 Å². The molecule has 0 saturated heterocycles. The van der Waals surface area contributed by atoms with Crippen molar-refractivity contribution in [1.82, 2.24) is 10.2 Å². The van der Waals surface area contributed by atoms with Gasteiger partial charge in [-0.1, -0.05) is 24.3 Å². The molecule has 2 heterocycles. The number of nitrogens with zero attached hydrogens (tertiary/aromatic N) is 4. The van der Waals surface area contributed by atoms with Crippen LogP contribution in [0.5, 0.6) is 11.5 Å². The van der Waals surface area contributed by atoms with E-state index < -0.39 is 0 Å². The molecular formula is C27H21N5O. The predicted octanol–water partition coefficient (Wildman–Crippen LogP) is 6.23. The first-order valence-corrected chi connectivity index (χ1v) is 10.4. The van der Waals surface area contributed by atoms with Crippen LogP contribution < -0.4 is 15.4 Å². The van der Waals surface area contributed by atoms with E-state index in [2.05, 4.69) is 38.9 Å². The smallest absolute Gasteiger partial charge is 0.151 e. The Hall–Kier alpha value is -4.71. The molecule has 160 valence electrons. The number of hydrogen-bond donors (Lipinski definition) is 1. The lowest BCUT2D eigenvalue weighted by molar-refractivity contribution is 0.477. The molecule has 0 unspecified atom stereocenters. The third kappa shape index (κ3) is 3.97. The summed E-state index contributed by atoms with van der Waals surface area (Å²) in [7, 11) is 0. The number of benzene rings is 3. The summed E-state index contributed by atoms with van der Waals surface area (Å²) in [5.41, 5.74) is 12.4. The molecule has 5 rings (SSSR count). The van der Waals surface area contributed by atoms with E-state index in [4.69, 9.17) is 10.5 Å². The zero-order valence-corrected chi connectivity index (χ0v) is 17.8. The Kier molecular flexibility index (Phi) is 5.39. The van der Waals surface area contributed by atoms with Crippen molar-refractivity contribution in [2.75, 3.05) is 4.90 Å². The summed E-state index contributed by atoms with van der Waals surface area (Å²) in [6, 6.07) is 25.9. The molecule has 4 aromatic rings. The van der Waals surface area contributed by atoms with Crippen molar-refractivity contribution in [1.29, 1.82) is 0 Å². The molecule has 2 N–H and O–H groups in total. The van der Waals surface area contributed by atoms with E-state index >= 15 is 0 Å². The van der Waals surface area contributed by atoms with Gasteiger partial charge in [-0.05, 0) is 73.5 Å². The van der Waals surface area contributed by atoms with Crippen LogP contribution in [0, 0.1) is 0 Å². The zero-order chi connectivity index (χ0) is 22.6. The minimum atomic E-state index is 0.594. The van der Waals surface area contributed by atoms with Gasteiger partial charge in [0, 0.05) is 34.9 Å². The molecule has 0 radical (unpaired) electrons. The molecule has 0 fully saturated rings. The molecule has 0 spiro atoms. The molecule has 1 aliphatic rings. The number of hydrogen-bond acceptors (Lipinski definition) is 6. The van der Waals surface area contributed by atoms with Crippen molar-refractivity contribution in [3.05, 3.63) is 109 Å². The van der Waals surface area contributed by atoms with E-state index in [1.165, 1.54) is 0 Å². The van der Waals surface area contributed by atoms with Crippen LogP contribution >= 0.6 is 0 Å². The molecule has 0 aliphatic carbocycles. The third-order valence-electron chi connectivity index (χ3n) is 5.28. The highest BCUT2D eigenvalue weighted by Crippen LogP contribution is 2.50. The quantitative estimate of drug-likeness (QED) is 0.264. The molecule has 0 amide bonds. The molecule has 0 bridgehead atoms. The number of allylic oxidation sites excluding steroid dienone is 2. The summed E-state index contributed by atoms with van der Waals surface area (Å²) in [6.07, 6.45) is 6.81. The highest BCUT2D eigenvalue weighted by atomic mass is 16.5. The normalized spacial score (nSPS) is 12.7. The van der Waals surface area contributed by atoms with Crippen LogP contribution in [0.3, 0.4) is 0 Å². The average Bonchev–Trinajstić information content (AvgIpc) is 2.87. The van der Waals surface area contributed by atoms with Crippen LogP contribution in [0.4, 0.5) is 17.1 Å². The molecule has 0 saturated carbocycles. The van der Waals surface area contributed by atoms with E-state index in [1.807, 2.05) is 66.7 Å². The summed E-state index contributed by atoms with van der Waals surface area (Å²) in [4.78, 5) is 5.91. The summed E-state index contributed by atoms with van der Waals surface area (Å²) in [5.74, 6) is 1.57. The average molecular weight is 431 g/mol. The first kappa shape index (κ1) is 20.2. The van der Waals surface area contributed by atoms with Crippen LogP contribution in [-0.2, 0) is 0 Å². The summed E-state index contributed by atoms with van der Waals surface area (Å²) < 4.78 is 6.16. The van der Waals surface area contributed by atoms with Crippen LogP contribution in [-0.4, -0.2) is 16.9 Å². The van der Waals surface area contributed by atoms with Crippen LogP contribution in [0.2, 0.25) is 0 Å². The number of aromatic nitrogens is 2. The first-order chi connectivity index (χ1) is 16.2. The summed E-state index contributed by atoms with van der Waals surface area (Å²) >= 11 is 0. The number of nitrogens with two attached hydrogens (primary N) is 1. The first-order valence-electron chi connectivity index (χ1n) is 10.4. The van der Waals surface area contributed by atoms with Gasteiger partial charge in [-0.3, -0.25) is 4.99 Å². The van der Waals surface area contributed by atoms with Gasteiger partial charge < -0.3 is 15.4 Å². The van der Waals surface area contributed by atoms with E-state index in [1.54, 1.807) is 24.5 Å². The lowest BCUT2D eigenvalue weighted by Crippen LogP contribution is -2.16. The van der Waals surface area contributed by atoms with Gasteiger partial charge in [0.15, 0.2) is 11.5 Å². The number of fused-ring (bicyclic) bond motifs is 2. The molecule has 6 heteroatoms. The SMILES string of the molecule is C=N/C=C\C=C(/N)c1cc(-c2cccnn2)cc(N2c3ccccc3Oc3ccccc32)c1. The summed E-state index contributed by atoms with van der Waals surface area (Å²) in [5, 5.41) is 8.36. The minimum Gasteiger partial charge on any atom is -0.453 e. The van der Waals surface area contributed by atoms with Gasteiger partial charge in [-0.15, -0.1) is 0 Å². The molecular weight excluding hydrogens is 410 g/mol. The van der Waals surface area contributed by atoms with Crippen molar-refractivity contribution in [3.63, 3.8) is 0 Å². The lowest BCUT2D eigenvalue weighted by atomic mass is 10.0. The van der Waals surface area contributed by atoms with Crippen molar-refractivity contribution in [2.24, 2.45) is 10.7 Å². The highest BCUT2D eigenvalue weighted by Gasteiger charge is 2.26. The Bertz CT molecular complexity index is 1330. The minimum absolute atomic E-state index is 0.594. The molecule has 6 nitrogen and oxygen atoms in total. The monoisotopic (exact) mass is 431 g/mol. The standard InChI is InChI=1S/C27H21N5O/c1-29-14-6-8-22(28)19-16-20(23-9-7-15-30-31-23)18-21(17-19)32-24-10-2-4-12-26(24)33-27-13-5-3-11-25(27)32/h2-18H,1,28H2/b14-6-,22-8-. The maximum absolute atomic E-state index is 6.44. The Morgan fingerprint density at radius 3 is 2.33 bits per heavy atom. The van der Waals surface area contributed by atoms with E-state index in [-0.39, 0.29) is 0 Å². The van der Waals surface area contributed by atoms with E-state index in [0.717, 1.165) is 45.4 Å². The Balaban J connectivity index is 1.73. The number of aliphatic imine (C=N–C) groups is 1. The van der Waals surface area contributed by atoms with Gasteiger partial charge in [0.1, 0.15) is 0 Å². The van der Waals surface area contributed by atoms with Gasteiger partial charge >= 0.3 is 0 Å². The number of anilines is 3. The molecule has 1 aromatic heterocycles. The Morgan fingerprint density at radius 1 is 0.939 bits per heavy atom. The Morgan fingerprint density at radius 2 is 1.67 bits per heavy atom. The zero-order valence-electron chi connectivity index (χ0n) is 17.8. The fraction of sp³-hybridized carbons (Fsp3) is 0. The summed E-state index contributed by atoms with van der Waals surface area (Å²) in [6.45, 7) is 3.46. The molecule has 3 aromatic carbocycles. The second-order valence-corrected chi connectivity index (χ2v) is 7.40. The highest BCUT2D eigenvalue weighted by molar-refractivity contribution is 5.89. The third-order valence-corrected chi connectivity index (χ3v) is 5.28. The second kappa shape index (κ2) is 8.80. The topological polar surface area (TPSA) is 76.6 Å². The van der Waals surface area contributed by atoms with Crippen molar-refractivity contribution in [3.8, 4) is 22.8 Å². The van der Waals surface area contributed by atoms with E-state index in [0.29, 0.717) is 5.70 Å². The Labute approximate surface area is 192 Å². The number of para-hydroxylation sites is 4. The van der Waals surface area contributed by atoms with Gasteiger partial charge in [-0.2, -0.15) is 10.2 Å². The molecule has 1 aliphatic heterocycles.